The first-order valence-electron chi connectivity index (χ1n) is 8.41. The Kier molecular flexibility index (Phi) is 5.09. The third-order valence-corrected chi connectivity index (χ3v) is 5.80. The van der Waals surface area contributed by atoms with Crippen LogP contribution in [0.15, 0.2) is 29.2 Å². The lowest BCUT2D eigenvalue weighted by atomic mass is 10.0. The second kappa shape index (κ2) is 7.05. The summed E-state index contributed by atoms with van der Waals surface area (Å²) in [5.74, 6) is 1.60. The zero-order valence-corrected chi connectivity index (χ0v) is 14.4. The molecule has 1 amide bonds. The summed E-state index contributed by atoms with van der Waals surface area (Å²) in [5, 5.41) is 3.83. The average molecular weight is 318 g/mol. The summed E-state index contributed by atoms with van der Waals surface area (Å²) in [4.78, 5) is 15.6. The number of carbonyl (C=O) groups is 1. The van der Waals surface area contributed by atoms with E-state index >= 15 is 0 Å². The van der Waals surface area contributed by atoms with Gasteiger partial charge in [0.15, 0.2) is 0 Å². The Labute approximate surface area is 137 Å². The highest BCUT2D eigenvalue weighted by molar-refractivity contribution is 7.99. The Morgan fingerprint density at radius 1 is 1.32 bits per heavy atom. The van der Waals surface area contributed by atoms with Crippen molar-refractivity contribution in [3.05, 3.63) is 29.8 Å². The van der Waals surface area contributed by atoms with Crippen LogP contribution in [0.3, 0.4) is 0 Å². The number of nitrogens with one attached hydrogen (secondary N) is 1. The molecule has 0 radical (unpaired) electrons. The van der Waals surface area contributed by atoms with Crippen molar-refractivity contribution >= 4 is 17.7 Å². The van der Waals surface area contributed by atoms with Crippen LogP contribution >= 0.6 is 11.8 Å². The van der Waals surface area contributed by atoms with E-state index in [-0.39, 0.29) is 5.92 Å². The summed E-state index contributed by atoms with van der Waals surface area (Å²) < 4.78 is 0. The fourth-order valence-corrected chi connectivity index (χ4v) is 4.53. The second-order valence-corrected chi connectivity index (χ2v) is 7.81. The van der Waals surface area contributed by atoms with Gasteiger partial charge in [-0.1, -0.05) is 32.0 Å². The summed E-state index contributed by atoms with van der Waals surface area (Å²) in [6, 6.07) is 9.64. The summed E-state index contributed by atoms with van der Waals surface area (Å²) in [5.41, 5.74) is 1.44. The number of hydrogen-bond donors (Lipinski definition) is 1. The molecule has 1 fully saturated rings. The Morgan fingerprint density at radius 3 is 2.95 bits per heavy atom. The van der Waals surface area contributed by atoms with Gasteiger partial charge in [-0.3, -0.25) is 4.79 Å². The molecule has 1 saturated heterocycles. The molecule has 0 bridgehead atoms. The highest BCUT2D eigenvalue weighted by Gasteiger charge is 2.30. The number of hydrogen-bond acceptors (Lipinski definition) is 3. The number of carbonyl (C=O) groups excluding carboxylic acids is 1. The van der Waals surface area contributed by atoms with Gasteiger partial charge in [0.25, 0.3) is 0 Å². The van der Waals surface area contributed by atoms with Crippen LogP contribution in [0.5, 0.6) is 0 Å². The molecule has 0 saturated carbocycles. The van der Waals surface area contributed by atoms with Gasteiger partial charge >= 0.3 is 0 Å². The SMILES string of the molecule is CC(C)C(=O)N1CC[C@H](N[C@H]2CCCSc3ccccc32)C1. The molecule has 2 heterocycles. The van der Waals surface area contributed by atoms with Crippen LogP contribution < -0.4 is 5.32 Å². The number of thioether (sulfide) groups is 1. The lowest BCUT2D eigenvalue weighted by Crippen LogP contribution is -2.38. The van der Waals surface area contributed by atoms with Crippen molar-refractivity contribution in [2.75, 3.05) is 18.8 Å². The minimum atomic E-state index is 0.105. The van der Waals surface area contributed by atoms with Crippen LogP contribution in [-0.2, 0) is 4.79 Å². The fraction of sp³-hybridized carbons (Fsp3) is 0.611. The Hall–Kier alpha value is -1.00. The molecular weight excluding hydrogens is 292 g/mol. The van der Waals surface area contributed by atoms with Crippen molar-refractivity contribution in [3.8, 4) is 0 Å². The molecule has 0 aromatic heterocycles. The summed E-state index contributed by atoms with van der Waals surface area (Å²) in [6.45, 7) is 5.74. The van der Waals surface area contributed by atoms with E-state index in [2.05, 4.69) is 29.6 Å². The average Bonchev–Trinajstić information content (AvgIpc) is 2.88. The van der Waals surface area contributed by atoms with Crippen molar-refractivity contribution < 1.29 is 4.79 Å². The van der Waals surface area contributed by atoms with Gasteiger partial charge in [-0.25, -0.2) is 0 Å². The Balaban J connectivity index is 1.65. The molecule has 2 aliphatic rings. The number of amides is 1. The standard InChI is InChI=1S/C18H26N2OS/c1-13(2)18(21)20-10-9-14(12-20)19-16-7-5-11-22-17-8-4-3-6-15(16)17/h3-4,6,8,13-14,16,19H,5,7,9-12H2,1-2H3/t14-,16-/m0/s1. The van der Waals surface area contributed by atoms with Gasteiger partial charge in [0.2, 0.25) is 5.91 Å². The first-order chi connectivity index (χ1) is 10.6. The smallest absolute Gasteiger partial charge is 0.225 e. The maximum Gasteiger partial charge on any atom is 0.225 e. The van der Waals surface area contributed by atoms with E-state index in [1.807, 2.05) is 30.5 Å². The van der Waals surface area contributed by atoms with E-state index < -0.39 is 0 Å². The molecule has 1 aromatic rings. The van der Waals surface area contributed by atoms with Crippen molar-refractivity contribution in [1.29, 1.82) is 0 Å². The number of likely N-dealkylation sites (tertiary alicyclic amines) is 1. The van der Waals surface area contributed by atoms with Crippen molar-refractivity contribution in [3.63, 3.8) is 0 Å². The minimum absolute atomic E-state index is 0.105. The molecule has 0 unspecified atom stereocenters. The van der Waals surface area contributed by atoms with E-state index in [0.29, 0.717) is 18.0 Å². The Morgan fingerprint density at radius 2 is 2.14 bits per heavy atom. The number of rotatable bonds is 3. The van der Waals surface area contributed by atoms with Crippen molar-refractivity contribution in [1.82, 2.24) is 10.2 Å². The Bertz CT molecular complexity index is 532. The molecule has 1 N–H and O–H groups in total. The van der Waals surface area contributed by atoms with Crippen LogP contribution in [0.1, 0.15) is 44.7 Å². The predicted molar refractivity (Wildman–Crippen MR) is 92.1 cm³/mol. The van der Waals surface area contributed by atoms with Crippen LogP contribution in [0.2, 0.25) is 0 Å². The summed E-state index contributed by atoms with van der Waals surface area (Å²) in [7, 11) is 0. The zero-order chi connectivity index (χ0) is 15.5. The van der Waals surface area contributed by atoms with E-state index in [4.69, 9.17) is 0 Å². The summed E-state index contributed by atoms with van der Waals surface area (Å²) in [6.07, 6.45) is 3.52. The lowest BCUT2D eigenvalue weighted by Gasteiger charge is -2.24. The van der Waals surface area contributed by atoms with Crippen molar-refractivity contribution in [2.24, 2.45) is 5.92 Å². The minimum Gasteiger partial charge on any atom is -0.341 e. The molecule has 4 heteroatoms. The van der Waals surface area contributed by atoms with Gasteiger partial charge < -0.3 is 10.2 Å². The molecule has 0 spiro atoms. The van der Waals surface area contributed by atoms with Gasteiger partial charge in [-0.05, 0) is 36.6 Å². The third-order valence-electron chi connectivity index (χ3n) is 4.62. The molecule has 2 atom stereocenters. The number of benzene rings is 1. The van der Waals surface area contributed by atoms with Crippen LogP contribution in [-0.4, -0.2) is 35.7 Å². The van der Waals surface area contributed by atoms with Gasteiger partial charge in [0, 0.05) is 36.0 Å². The molecule has 120 valence electrons. The lowest BCUT2D eigenvalue weighted by molar-refractivity contribution is -0.133. The molecule has 1 aromatic carbocycles. The highest BCUT2D eigenvalue weighted by atomic mass is 32.2. The first kappa shape index (κ1) is 15.9. The van der Waals surface area contributed by atoms with Crippen LogP contribution in [0, 0.1) is 5.92 Å². The second-order valence-electron chi connectivity index (χ2n) is 6.67. The molecule has 2 aliphatic heterocycles. The van der Waals surface area contributed by atoms with Crippen LogP contribution in [0.25, 0.3) is 0 Å². The maximum absolute atomic E-state index is 12.1. The predicted octanol–water partition coefficient (Wildman–Crippen LogP) is 3.46. The van der Waals surface area contributed by atoms with E-state index in [0.717, 1.165) is 19.5 Å². The third kappa shape index (κ3) is 3.49. The van der Waals surface area contributed by atoms with Crippen LogP contribution in [0.4, 0.5) is 0 Å². The molecular formula is C18H26N2OS. The maximum atomic E-state index is 12.1. The monoisotopic (exact) mass is 318 g/mol. The normalized spacial score (nSPS) is 25.1. The largest absolute Gasteiger partial charge is 0.341 e. The number of nitrogens with zero attached hydrogens (tertiary/aromatic N) is 1. The summed E-state index contributed by atoms with van der Waals surface area (Å²) >= 11 is 1.98. The van der Waals surface area contributed by atoms with Crippen molar-refractivity contribution in [2.45, 2.75) is 50.1 Å². The van der Waals surface area contributed by atoms with Gasteiger partial charge in [-0.15, -0.1) is 11.8 Å². The van der Waals surface area contributed by atoms with Gasteiger partial charge in [0.1, 0.15) is 0 Å². The van der Waals surface area contributed by atoms with Gasteiger partial charge in [0.05, 0.1) is 0 Å². The van der Waals surface area contributed by atoms with E-state index in [9.17, 15) is 4.79 Å². The fourth-order valence-electron chi connectivity index (χ4n) is 3.44. The van der Waals surface area contributed by atoms with E-state index in [1.165, 1.54) is 29.1 Å². The first-order valence-corrected chi connectivity index (χ1v) is 9.40. The zero-order valence-electron chi connectivity index (χ0n) is 13.5. The number of fused-ring (bicyclic) bond motifs is 1. The molecule has 3 rings (SSSR count). The highest BCUT2D eigenvalue weighted by Crippen LogP contribution is 2.35. The van der Waals surface area contributed by atoms with E-state index in [1.54, 1.807) is 0 Å². The topological polar surface area (TPSA) is 32.3 Å². The molecule has 22 heavy (non-hydrogen) atoms. The molecule has 3 nitrogen and oxygen atoms in total. The molecule has 0 aliphatic carbocycles. The van der Waals surface area contributed by atoms with Gasteiger partial charge in [-0.2, -0.15) is 0 Å². The quantitative estimate of drug-likeness (QED) is 0.926.